The van der Waals surface area contributed by atoms with Gasteiger partial charge in [-0.15, -0.1) is 0 Å². The monoisotopic (exact) mass is 365 g/mol. The number of likely N-dealkylation sites (tertiary alicyclic amines) is 1. The minimum Gasteiger partial charge on any atom is -0.481 e. The van der Waals surface area contributed by atoms with E-state index in [2.05, 4.69) is 12.1 Å². The summed E-state index contributed by atoms with van der Waals surface area (Å²) in [4.78, 5) is 25.8. The molecule has 5 nitrogen and oxygen atoms in total. The van der Waals surface area contributed by atoms with Crippen LogP contribution >= 0.6 is 0 Å². The predicted molar refractivity (Wildman–Crippen MR) is 101 cm³/mol. The fraction of sp³-hybridized carbons (Fsp3) is 0.364. The van der Waals surface area contributed by atoms with Crippen molar-refractivity contribution in [3.63, 3.8) is 0 Å². The lowest BCUT2D eigenvalue weighted by Crippen LogP contribution is -2.50. The summed E-state index contributed by atoms with van der Waals surface area (Å²) < 4.78 is 6.37. The second-order valence-corrected chi connectivity index (χ2v) is 7.35. The molecule has 1 unspecified atom stereocenters. The maximum atomic E-state index is 12.7. The largest absolute Gasteiger partial charge is 0.481 e. The molecule has 5 heteroatoms. The van der Waals surface area contributed by atoms with Crippen molar-refractivity contribution >= 4 is 11.9 Å². The molecule has 2 heterocycles. The number of aliphatic carboxylic acids is 1. The number of amides is 1. The Bertz CT molecular complexity index is 840. The molecule has 2 aromatic carbocycles. The van der Waals surface area contributed by atoms with Crippen LogP contribution in [0.3, 0.4) is 0 Å². The van der Waals surface area contributed by atoms with E-state index in [1.807, 2.05) is 47.4 Å². The number of carboxylic acid groups (broad SMARTS) is 1. The lowest BCUT2D eigenvalue weighted by atomic mass is 9.77. The Hall–Kier alpha value is -2.66. The van der Waals surface area contributed by atoms with Crippen molar-refractivity contribution in [3.8, 4) is 0 Å². The molecule has 0 saturated carbocycles. The number of benzene rings is 2. The number of nitrogens with zero attached hydrogens (tertiary/aromatic N) is 1. The standard InChI is InChI=1S/C22H23NO4/c24-20(25)15-18-14-17-8-4-5-9-19(17)22(27-18)10-12-23(13-11-22)21(26)16-6-2-1-3-7-16/h1-9,18H,10-15H2,(H,24,25). The van der Waals surface area contributed by atoms with Crippen LogP contribution in [0.1, 0.15) is 40.7 Å². The molecule has 0 aliphatic carbocycles. The number of hydrogen-bond acceptors (Lipinski definition) is 3. The van der Waals surface area contributed by atoms with Gasteiger partial charge in [0.1, 0.15) is 0 Å². The molecule has 2 aliphatic heterocycles. The number of ether oxygens (including phenoxy) is 1. The predicted octanol–water partition coefficient (Wildman–Crippen LogP) is 3.23. The quantitative estimate of drug-likeness (QED) is 0.907. The van der Waals surface area contributed by atoms with Crippen LogP contribution in [0.2, 0.25) is 0 Å². The molecular weight excluding hydrogens is 342 g/mol. The zero-order valence-electron chi connectivity index (χ0n) is 15.1. The lowest BCUT2D eigenvalue weighted by Gasteiger charge is -2.47. The summed E-state index contributed by atoms with van der Waals surface area (Å²) in [6, 6.07) is 17.5. The molecule has 1 fully saturated rings. The first kappa shape index (κ1) is 17.7. The van der Waals surface area contributed by atoms with Crippen molar-refractivity contribution < 1.29 is 19.4 Å². The zero-order valence-corrected chi connectivity index (χ0v) is 15.1. The highest BCUT2D eigenvalue weighted by Crippen LogP contribution is 2.44. The van der Waals surface area contributed by atoms with E-state index >= 15 is 0 Å². The topological polar surface area (TPSA) is 66.8 Å². The van der Waals surface area contributed by atoms with E-state index in [1.54, 1.807) is 0 Å². The summed E-state index contributed by atoms with van der Waals surface area (Å²) in [5.74, 6) is -0.803. The van der Waals surface area contributed by atoms with Crippen molar-refractivity contribution in [2.24, 2.45) is 0 Å². The van der Waals surface area contributed by atoms with Gasteiger partial charge < -0.3 is 14.7 Å². The number of carbonyl (C=O) groups excluding carboxylic acids is 1. The van der Waals surface area contributed by atoms with E-state index in [0.717, 1.165) is 11.1 Å². The van der Waals surface area contributed by atoms with E-state index in [4.69, 9.17) is 4.74 Å². The highest BCUT2D eigenvalue weighted by atomic mass is 16.5. The first-order valence-corrected chi connectivity index (χ1v) is 9.40. The highest BCUT2D eigenvalue weighted by Gasteiger charge is 2.44. The normalized spacial score (nSPS) is 20.9. The molecule has 2 aromatic rings. The van der Waals surface area contributed by atoms with E-state index < -0.39 is 11.6 Å². The number of fused-ring (bicyclic) bond motifs is 2. The van der Waals surface area contributed by atoms with Crippen LogP contribution in [0.5, 0.6) is 0 Å². The van der Waals surface area contributed by atoms with Crippen molar-refractivity contribution in [3.05, 3.63) is 71.3 Å². The van der Waals surface area contributed by atoms with Gasteiger partial charge in [0.2, 0.25) is 0 Å². The van der Waals surface area contributed by atoms with Gasteiger partial charge in [0.05, 0.1) is 18.1 Å². The summed E-state index contributed by atoms with van der Waals surface area (Å²) in [6.45, 7) is 1.20. The third kappa shape index (κ3) is 3.47. The van der Waals surface area contributed by atoms with Gasteiger partial charge in [0.25, 0.3) is 5.91 Å². The molecule has 0 bridgehead atoms. The molecule has 0 aromatic heterocycles. The lowest BCUT2D eigenvalue weighted by molar-refractivity contribution is -0.157. The maximum absolute atomic E-state index is 12.7. The van der Waals surface area contributed by atoms with Crippen LogP contribution in [0.15, 0.2) is 54.6 Å². The SMILES string of the molecule is O=C(O)CC1Cc2ccccc2C2(CCN(C(=O)c3ccccc3)CC2)O1. The van der Waals surface area contributed by atoms with Gasteiger partial charge in [0.15, 0.2) is 0 Å². The summed E-state index contributed by atoms with van der Waals surface area (Å²) >= 11 is 0. The molecule has 27 heavy (non-hydrogen) atoms. The molecule has 1 spiro atoms. The Kier molecular flexibility index (Phi) is 4.70. The third-order valence-electron chi connectivity index (χ3n) is 5.63. The van der Waals surface area contributed by atoms with E-state index in [1.165, 1.54) is 0 Å². The number of carboxylic acids is 1. The molecule has 4 rings (SSSR count). The van der Waals surface area contributed by atoms with Gasteiger partial charge in [0, 0.05) is 18.7 Å². The third-order valence-corrected chi connectivity index (χ3v) is 5.63. The molecule has 1 atom stereocenters. The molecule has 2 aliphatic rings. The van der Waals surface area contributed by atoms with Gasteiger partial charge in [-0.25, -0.2) is 0 Å². The summed E-state index contributed by atoms with van der Waals surface area (Å²) in [7, 11) is 0. The summed E-state index contributed by atoms with van der Waals surface area (Å²) in [5, 5.41) is 9.21. The fourth-order valence-corrected chi connectivity index (χ4v) is 4.34. The molecule has 1 amide bonds. The second-order valence-electron chi connectivity index (χ2n) is 7.35. The molecule has 1 N–H and O–H groups in total. The minimum atomic E-state index is -0.841. The van der Waals surface area contributed by atoms with Crippen molar-refractivity contribution in [1.82, 2.24) is 4.90 Å². The van der Waals surface area contributed by atoms with E-state index in [9.17, 15) is 14.7 Å². The van der Waals surface area contributed by atoms with Crippen LogP contribution in [-0.2, 0) is 21.6 Å². The van der Waals surface area contributed by atoms with E-state index in [-0.39, 0.29) is 18.4 Å². The Balaban J connectivity index is 1.55. The van der Waals surface area contributed by atoms with Crippen LogP contribution in [-0.4, -0.2) is 41.1 Å². The number of piperidine rings is 1. The van der Waals surface area contributed by atoms with Crippen molar-refractivity contribution in [2.45, 2.75) is 37.4 Å². The fourth-order valence-electron chi connectivity index (χ4n) is 4.34. The number of carbonyl (C=O) groups is 2. The van der Waals surface area contributed by atoms with Crippen LogP contribution in [0.4, 0.5) is 0 Å². The summed E-state index contributed by atoms with van der Waals surface area (Å²) in [5.41, 5.74) is 2.51. The molecular formula is C22H23NO4. The van der Waals surface area contributed by atoms with Gasteiger partial charge in [-0.2, -0.15) is 0 Å². The van der Waals surface area contributed by atoms with Gasteiger partial charge in [-0.1, -0.05) is 42.5 Å². The average molecular weight is 365 g/mol. The average Bonchev–Trinajstić information content (AvgIpc) is 2.68. The number of rotatable bonds is 3. The smallest absolute Gasteiger partial charge is 0.305 e. The van der Waals surface area contributed by atoms with Crippen LogP contribution < -0.4 is 0 Å². The Morgan fingerprint density at radius 2 is 1.70 bits per heavy atom. The summed E-state index contributed by atoms with van der Waals surface area (Å²) in [6.07, 6.45) is 1.66. The molecule has 140 valence electrons. The number of hydrogen-bond donors (Lipinski definition) is 1. The Morgan fingerprint density at radius 3 is 2.41 bits per heavy atom. The van der Waals surface area contributed by atoms with Crippen molar-refractivity contribution in [1.29, 1.82) is 0 Å². The molecule has 1 saturated heterocycles. The van der Waals surface area contributed by atoms with Crippen molar-refractivity contribution in [2.75, 3.05) is 13.1 Å². The first-order valence-electron chi connectivity index (χ1n) is 9.40. The van der Waals surface area contributed by atoms with Crippen LogP contribution in [0.25, 0.3) is 0 Å². The second kappa shape index (κ2) is 7.16. The van der Waals surface area contributed by atoms with Gasteiger partial charge in [-0.3, -0.25) is 9.59 Å². The van der Waals surface area contributed by atoms with Crippen LogP contribution in [0, 0.1) is 0 Å². The maximum Gasteiger partial charge on any atom is 0.305 e. The first-order chi connectivity index (χ1) is 13.1. The Morgan fingerprint density at radius 1 is 1.04 bits per heavy atom. The highest BCUT2D eigenvalue weighted by molar-refractivity contribution is 5.94. The Labute approximate surface area is 158 Å². The van der Waals surface area contributed by atoms with E-state index in [0.29, 0.717) is 37.9 Å². The zero-order chi connectivity index (χ0) is 18.9. The minimum absolute atomic E-state index is 0.00272. The van der Waals surface area contributed by atoms with Gasteiger partial charge in [-0.05, 0) is 42.5 Å². The molecule has 0 radical (unpaired) electrons. The van der Waals surface area contributed by atoms with Gasteiger partial charge >= 0.3 is 5.97 Å².